The molecular formula is C13H13F3N4O2S. The summed E-state index contributed by atoms with van der Waals surface area (Å²) in [6.45, 7) is 0.669. The first-order valence-electron chi connectivity index (χ1n) is 6.63. The van der Waals surface area contributed by atoms with Crippen LogP contribution in [0.2, 0.25) is 0 Å². The number of hydrogen-bond acceptors (Lipinski definition) is 5. The molecule has 2 heterocycles. The van der Waals surface area contributed by atoms with Crippen molar-refractivity contribution in [1.29, 1.82) is 0 Å². The van der Waals surface area contributed by atoms with E-state index in [2.05, 4.69) is 9.97 Å². The van der Waals surface area contributed by atoms with Crippen molar-refractivity contribution < 1.29 is 18.0 Å². The molecule has 0 atom stereocenters. The van der Waals surface area contributed by atoms with Crippen LogP contribution in [0.3, 0.4) is 0 Å². The van der Waals surface area contributed by atoms with Gasteiger partial charge in [-0.2, -0.15) is 13.2 Å². The lowest BCUT2D eigenvalue weighted by atomic mass is 10.3. The van der Waals surface area contributed by atoms with Crippen molar-refractivity contribution in [3.8, 4) is 0 Å². The predicted molar refractivity (Wildman–Crippen MR) is 79.3 cm³/mol. The van der Waals surface area contributed by atoms with Crippen LogP contribution in [0.15, 0.2) is 28.3 Å². The minimum Gasteiger partial charge on any atom is -0.346 e. The van der Waals surface area contributed by atoms with Crippen LogP contribution in [-0.2, 0) is 11.3 Å². The number of halogens is 3. The summed E-state index contributed by atoms with van der Waals surface area (Å²) in [5.74, 6) is -1.06. The monoisotopic (exact) mass is 346 g/mol. The number of thioether (sulfide) groups is 1. The lowest BCUT2D eigenvalue weighted by molar-refractivity contribution is -0.136. The van der Waals surface area contributed by atoms with E-state index in [9.17, 15) is 22.8 Å². The van der Waals surface area contributed by atoms with Gasteiger partial charge < -0.3 is 5.32 Å². The molecule has 0 saturated carbocycles. The molecule has 0 unspecified atom stereocenters. The minimum atomic E-state index is -4.46. The summed E-state index contributed by atoms with van der Waals surface area (Å²) in [6, 6.07) is 3.21. The van der Waals surface area contributed by atoms with E-state index in [0.717, 1.165) is 11.8 Å². The summed E-state index contributed by atoms with van der Waals surface area (Å²) in [5.41, 5.74) is -0.0656. The number of hydrogen-bond donors (Lipinski definition) is 1. The first-order chi connectivity index (χ1) is 10.8. The number of aromatic nitrogens is 3. The zero-order valence-electron chi connectivity index (χ0n) is 12.1. The van der Waals surface area contributed by atoms with Gasteiger partial charge >= 0.3 is 6.18 Å². The molecule has 10 heteroatoms. The highest BCUT2D eigenvalue weighted by Gasteiger charge is 2.27. The van der Waals surface area contributed by atoms with E-state index < -0.39 is 18.6 Å². The number of carbonyl (C=O) groups excluding carboxylic acids is 1. The van der Waals surface area contributed by atoms with Crippen LogP contribution in [0.4, 0.5) is 13.2 Å². The van der Waals surface area contributed by atoms with E-state index >= 15 is 0 Å². The normalized spacial score (nSPS) is 11.7. The molecule has 2 aromatic rings. The SMILES string of the molecule is CCn1c(SCC(=O)NCC(F)(F)F)nc2ncccc2c1=O. The van der Waals surface area contributed by atoms with Crippen molar-refractivity contribution in [2.24, 2.45) is 0 Å². The van der Waals surface area contributed by atoms with Crippen molar-refractivity contribution in [3.63, 3.8) is 0 Å². The number of nitrogens with zero attached hydrogens (tertiary/aromatic N) is 3. The summed E-state index contributed by atoms with van der Waals surface area (Å²) in [5, 5.41) is 2.36. The lowest BCUT2D eigenvalue weighted by Gasteiger charge is -2.11. The van der Waals surface area contributed by atoms with Gasteiger partial charge in [0.05, 0.1) is 11.1 Å². The summed E-state index contributed by atoms with van der Waals surface area (Å²) < 4.78 is 37.5. The van der Waals surface area contributed by atoms with Gasteiger partial charge in [-0.3, -0.25) is 14.2 Å². The fraction of sp³-hybridized carbons (Fsp3) is 0.385. The molecule has 0 fully saturated rings. The van der Waals surface area contributed by atoms with Crippen LogP contribution in [0, 0.1) is 0 Å². The zero-order valence-corrected chi connectivity index (χ0v) is 12.9. The topological polar surface area (TPSA) is 76.9 Å². The summed E-state index contributed by atoms with van der Waals surface area (Å²) in [7, 11) is 0. The Labute approximate surface area is 133 Å². The van der Waals surface area contributed by atoms with Gasteiger partial charge in [0.2, 0.25) is 5.91 Å². The Morgan fingerprint density at radius 3 is 2.83 bits per heavy atom. The Balaban J connectivity index is 2.17. The number of carbonyl (C=O) groups is 1. The number of rotatable bonds is 5. The number of pyridine rings is 1. The fourth-order valence-corrected chi connectivity index (χ4v) is 2.69. The van der Waals surface area contributed by atoms with Gasteiger partial charge in [0, 0.05) is 12.7 Å². The van der Waals surface area contributed by atoms with Crippen LogP contribution < -0.4 is 10.9 Å². The second kappa shape index (κ2) is 6.99. The summed E-state index contributed by atoms with van der Waals surface area (Å²) in [6.07, 6.45) is -2.98. The van der Waals surface area contributed by atoms with Crippen LogP contribution >= 0.6 is 11.8 Å². The highest BCUT2D eigenvalue weighted by molar-refractivity contribution is 7.99. The smallest absolute Gasteiger partial charge is 0.346 e. The van der Waals surface area contributed by atoms with E-state index in [1.54, 1.807) is 24.4 Å². The number of alkyl halides is 3. The van der Waals surface area contributed by atoms with Gasteiger partial charge in [0.25, 0.3) is 5.56 Å². The molecule has 1 amide bonds. The van der Waals surface area contributed by atoms with Gasteiger partial charge in [-0.1, -0.05) is 11.8 Å². The third kappa shape index (κ3) is 4.44. The van der Waals surface area contributed by atoms with Crippen LogP contribution in [-0.4, -0.2) is 38.9 Å². The van der Waals surface area contributed by atoms with Gasteiger partial charge in [0.1, 0.15) is 6.54 Å². The Hall–Kier alpha value is -2.10. The first kappa shape index (κ1) is 17.3. The van der Waals surface area contributed by atoms with Gasteiger partial charge in [-0.15, -0.1) is 0 Å². The number of nitrogens with one attached hydrogen (secondary N) is 1. The maximum Gasteiger partial charge on any atom is 0.405 e. The molecule has 2 rings (SSSR count). The maximum atomic E-state index is 12.3. The standard InChI is InChI=1S/C13H13F3N4O2S/c1-2-20-11(22)8-4-3-5-17-10(8)19-12(20)23-6-9(21)18-7-13(14,15)16/h3-5H,2,6-7H2,1H3,(H,18,21). The van der Waals surface area contributed by atoms with Crippen LogP contribution in [0.1, 0.15) is 6.92 Å². The third-order valence-corrected chi connectivity index (χ3v) is 3.81. The quantitative estimate of drug-likeness (QED) is 0.657. The molecular weight excluding hydrogens is 333 g/mol. The van der Waals surface area contributed by atoms with E-state index in [1.807, 2.05) is 0 Å². The largest absolute Gasteiger partial charge is 0.405 e. The molecule has 0 spiro atoms. The predicted octanol–water partition coefficient (Wildman–Crippen LogP) is 1.58. The van der Waals surface area contributed by atoms with Gasteiger partial charge in [-0.25, -0.2) is 9.97 Å². The van der Waals surface area contributed by atoms with Crippen LogP contribution in [0.5, 0.6) is 0 Å². The summed E-state index contributed by atoms with van der Waals surface area (Å²) >= 11 is 0.892. The molecule has 23 heavy (non-hydrogen) atoms. The molecule has 0 aliphatic heterocycles. The molecule has 0 aliphatic carbocycles. The molecule has 0 aliphatic rings. The van der Waals surface area contributed by atoms with Crippen molar-refractivity contribution in [3.05, 3.63) is 28.7 Å². The highest BCUT2D eigenvalue weighted by atomic mass is 32.2. The van der Waals surface area contributed by atoms with Crippen LogP contribution in [0.25, 0.3) is 11.0 Å². The minimum absolute atomic E-state index is 0.236. The second-order valence-electron chi connectivity index (χ2n) is 4.50. The number of amides is 1. The van der Waals surface area contributed by atoms with Gasteiger partial charge in [-0.05, 0) is 19.1 Å². The Bertz CT molecular complexity index is 776. The van der Waals surface area contributed by atoms with E-state index in [-0.39, 0.29) is 22.1 Å². The zero-order chi connectivity index (χ0) is 17.0. The van der Waals surface area contributed by atoms with E-state index in [0.29, 0.717) is 11.9 Å². The Kier molecular flexibility index (Phi) is 5.24. The van der Waals surface area contributed by atoms with Gasteiger partial charge in [0.15, 0.2) is 10.8 Å². The molecule has 2 aromatic heterocycles. The Morgan fingerprint density at radius 1 is 1.43 bits per heavy atom. The van der Waals surface area contributed by atoms with Crippen molar-refractivity contribution in [2.45, 2.75) is 24.8 Å². The number of fused-ring (bicyclic) bond motifs is 1. The third-order valence-electron chi connectivity index (χ3n) is 2.83. The second-order valence-corrected chi connectivity index (χ2v) is 5.44. The van der Waals surface area contributed by atoms with Crippen molar-refractivity contribution >= 4 is 28.7 Å². The molecule has 6 nitrogen and oxygen atoms in total. The van der Waals surface area contributed by atoms with E-state index in [1.165, 1.54) is 10.8 Å². The fourth-order valence-electron chi connectivity index (χ4n) is 1.81. The van der Waals surface area contributed by atoms with Crippen molar-refractivity contribution in [1.82, 2.24) is 19.9 Å². The molecule has 0 bridgehead atoms. The maximum absolute atomic E-state index is 12.3. The molecule has 0 radical (unpaired) electrons. The van der Waals surface area contributed by atoms with Crippen molar-refractivity contribution in [2.75, 3.05) is 12.3 Å². The molecule has 124 valence electrons. The average Bonchev–Trinajstić information content (AvgIpc) is 2.50. The Morgan fingerprint density at radius 2 is 2.17 bits per heavy atom. The molecule has 0 saturated heterocycles. The first-order valence-corrected chi connectivity index (χ1v) is 7.62. The molecule has 0 aromatic carbocycles. The summed E-state index contributed by atoms with van der Waals surface area (Å²) in [4.78, 5) is 31.9. The highest BCUT2D eigenvalue weighted by Crippen LogP contribution is 2.17. The molecule has 1 N–H and O–H groups in total. The van der Waals surface area contributed by atoms with E-state index in [4.69, 9.17) is 0 Å². The average molecular weight is 346 g/mol. The lowest BCUT2D eigenvalue weighted by Crippen LogP contribution is -2.35.